The summed E-state index contributed by atoms with van der Waals surface area (Å²) in [6.07, 6.45) is 4.44. The zero-order chi connectivity index (χ0) is 44.3. The van der Waals surface area contributed by atoms with Crippen LogP contribution in [0.25, 0.3) is 92.8 Å². The Bertz CT molecular complexity index is 3800. The predicted octanol–water partition coefficient (Wildman–Crippen LogP) is 17.5. The largest absolute Gasteiger partial charge is 0.313 e. The second-order valence-corrected chi connectivity index (χ2v) is 18.5. The van der Waals surface area contributed by atoms with E-state index in [1.807, 2.05) is 0 Å². The van der Waals surface area contributed by atoms with Gasteiger partial charge in [-0.15, -0.1) is 11.3 Å². The van der Waals surface area contributed by atoms with Crippen LogP contribution in [0.4, 0.5) is 17.1 Å². The number of rotatable bonds is 8. The van der Waals surface area contributed by atoms with Crippen molar-refractivity contribution in [3.05, 3.63) is 247 Å². The molecule has 1 aliphatic carbocycles. The molecule has 0 aliphatic heterocycles. The minimum absolute atomic E-state index is 0.971. The molecular formula is C63H43N3S. The molecule has 0 saturated carbocycles. The van der Waals surface area contributed by atoms with Gasteiger partial charge >= 0.3 is 0 Å². The minimum atomic E-state index is 0.971. The van der Waals surface area contributed by atoms with Crippen molar-refractivity contribution in [2.24, 2.45) is 0 Å². The van der Waals surface area contributed by atoms with Crippen molar-refractivity contribution in [3.8, 4) is 38.5 Å². The fraction of sp³-hybridized carbons (Fsp3) is 0.0317. The highest BCUT2D eigenvalue weighted by atomic mass is 32.1. The van der Waals surface area contributed by atoms with Crippen molar-refractivity contribution in [1.29, 1.82) is 0 Å². The molecule has 0 amide bonds. The van der Waals surface area contributed by atoms with Crippen LogP contribution in [0.2, 0.25) is 0 Å². The van der Waals surface area contributed by atoms with Crippen LogP contribution in [0.5, 0.6) is 0 Å². The van der Waals surface area contributed by atoms with Crippen molar-refractivity contribution in [3.63, 3.8) is 0 Å². The van der Waals surface area contributed by atoms with E-state index in [1.165, 1.54) is 87.5 Å². The van der Waals surface area contributed by atoms with Gasteiger partial charge in [-0.25, -0.2) is 4.98 Å². The van der Waals surface area contributed by atoms with Gasteiger partial charge in [-0.1, -0.05) is 146 Å². The van der Waals surface area contributed by atoms with Crippen LogP contribution in [0, 0.1) is 0 Å². The standard InChI is InChI=1S/C63H43N3S/c1-2-16-49(17-3-1)66-60-38-30-47(40-57(60)58-41-48(31-39-61(58)66)56-21-11-15-44-13-5-7-19-54(44)56)42-24-32-50(33-25-42)65(52-36-28-46(29-37-52)63-64-59-22-8-9-23-62(59)67-63)51-34-26-45(27-35-51)55-20-10-14-43-12-4-6-18-53(43)55/h1-30,32-38,40-41H,31,39H2. The van der Waals surface area contributed by atoms with E-state index >= 15 is 0 Å². The van der Waals surface area contributed by atoms with E-state index in [2.05, 4.69) is 246 Å². The second kappa shape index (κ2) is 16.3. The summed E-state index contributed by atoms with van der Waals surface area (Å²) in [5, 5.41) is 7.40. The summed E-state index contributed by atoms with van der Waals surface area (Å²) in [5.74, 6) is 0. The number of nitrogens with zero attached hydrogens (tertiary/aromatic N) is 3. The molecule has 0 atom stereocenters. The molecule has 0 spiro atoms. The van der Waals surface area contributed by atoms with E-state index in [-0.39, 0.29) is 0 Å². The zero-order valence-electron chi connectivity index (χ0n) is 36.7. The van der Waals surface area contributed by atoms with Gasteiger partial charge in [-0.2, -0.15) is 0 Å². The summed E-state index contributed by atoms with van der Waals surface area (Å²) in [5.41, 5.74) is 18.1. The summed E-state index contributed by atoms with van der Waals surface area (Å²) in [6, 6.07) is 83.9. The third-order valence-electron chi connectivity index (χ3n) is 13.6. The smallest absolute Gasteiger partial charge is 0.124 e. The van der Waals surface area contributed by atoms with Crippen LogP contribution in [0.1, 0.15) is 23.2 Å². The molecule has 0 saturated heterocycles. The molecule has 316 valence electrons. The molecule has 2 aromatic heterocycles. The Morgan fingerprint density at radius 1 is 0.433 bits per heavy atom. The second-order valence-electron chi connectivity index (χ2n) is 17.4. The van der Waals surface area contributed by atoms with Gasteiger partial charge in [-0.3, -0.25) is 0 Å². The van der Waals surface area contributed by atoms with Gasteiger partial charge in [0.2, 0.25) is 0 Å². The van der Waals surface area contributed by atoms with Gasteiger partial charge in [0.15, 0.2) is 0 Å². The van der Waals surface area contributed by atoms with Crippen LogP contribution in [0.3, 0.4) is 0 Å². The Balaban J connectivity index is 0.896. The third-order valence-corrected chi connectivity index (χ3v) is 14.6. The minimum Gasteiger partial charge on any atom is -0.313 e. The summed E-state index contributed by atoms with van der Waals surface area (Å²) in [7, 11) is 0. The van der Waals surface area contributed by atoms with E-state index in [4.69, 9.17) is 4.98 Å². The molecule has 2 heterocycles. The van der Waals surface area contributed by atoms with Crippen LogP contribution in [0.15, 0.2) is 231 Å². The predicted molar refractivity (Wildman–Crippen MR) is 285 cm³/mol. The summed E-state index contributed by atoms with van der Waals surface area (Å²) in [6.45, 7) is 0. The van der Waals surface area contributed by atoms with Crippen molar-refractivity contribution in [2.45, 2.75) is 12.8 Å². The van der Waals surface area contributed by atoms with E-state index in [1.54, 1.807) is 11.3 Å². The first-order valence-corrected chi connectivity index (χ1v) is 23.9. The lowest BCUT2D eigenvalue weighted by molar-refractivity contribution is 0.898. The lowest BCUT2D eigenvalue weighted by Gasteiger charge is -2.26. The number of para-hydroxylation sites is 2. The van der Waals surface area contributed by atoms with Gasteiger partial charge in [0, 0.05) is 45.0 Å². The van der Waals surface area contributed by atoms with E-state index in [0.717, 1.165) is 46.0 Å². The quantitative estimate of drug-likeness (QED) is 0.152. The molecule has 3 nitrogen and oxygen atoms in total. The maximum Gasteiger partial charge on any atom is 0.124 e. The van der Waals surface area contributed by atoms with E-state index in [0.29, 0.717) is 0 Å². The Kier molecular flexibility index (Phi) is 9.50. The highest BCUT2D eigenvalue weighted by Crippen LogP contribution is 2.43. The Labute approximate surface area is 393 Å². The first-order valence-electron chi connectivity index (χ1n) is 23.1. The molecule has 0 N–H and O–H groups in total. The number of fused-ring (bicyclic) bond motifs is 6. The summed E-state index contributed by atoms with van der Waals surface area (Å²) < 4.78 is 3.68. The van der Waals surface area contributed by atoms with Crippen LogP contribution in [-0.2, 0) is 6.42 Å². The number of thiazole rings is 1. The van der Waals surface area contributed by atoms with Gasteiger partial charge in [-0.05, 0) is 159 Å². The first-order chi connectivity index (χ1) is 33.2. The van der Waals surface area contributed by atoms with Gasteiger partial charge < -0.3 is 9.47 Å². The summed E-state index contributed by atoms with van der Waals surface area (Å²) >= 11 is 1.74. The Morgan fingerprint density at radius 3 is 1.70 bits per heavy atom. The van der Waals surface area contributed by atoms with Crippen molar-refractivity contribution >= 4 is 82.7 Å². The fourth-order valence-electron chi connectivity index (χ4n) is 10.3. The molecule has 0 radical (unpaired) electrons. The summed E-state index contributed by atoms with van der Waals surface area (Å²) in [4.78, 5) is 7.32. The van der Waals surface area contributed by atoms with Gasteiger partial charge in [0.25, 0.3) is 0 Å². The molecule has 12 aromatic rings. The van der Waals surface area contributed by atoms with Crippen molar-refractivity contribution in [1.82, 2.24) is 9.55 Å². The van der Waals surface area contributed by atoms with Gasteiger partial charge in [0.05, 0.1) is 15.7 Å². The highest BCUT2D eigenvalue weighted by Gasteiger charge is 2.23. The molecule has 67 heavy (non-hydrogen) atoms. The topological polar surface area (TPSA) is 21.1 Å². The number of aromatic nitrogens is 2. The Hall–Kier alpha value is -8.31. The van der Waals surface area contributed by atoms with Crippen LogP contribution < -0.4 is 4.90 Å². The van der Waals surface area contributed by atoms with Crippen LogP contribution >= 0.6 is 11.3 Å². The lowest BCUT2D eigenvalue weighted by atomic mass is 9.88. The van der Waals surface area contributed by atoms with E-state index in [9.17, 15) is 0 Å². The van der Waals surface area contributed by atoms with Crippen LogP contribution in [-0.4, -0.2) is 9.55 Å². The first kappa shape index (κ1) is 39.1. The molecule has 1 aliphatic rings. The number of benzene rings is 10. The van der Waals surface area contributed by atoms with Crippen molar-refractivity contribution in [2.75, 3.05) is 4.90 Å². The SMILES string of the molecule is C1=C(c2cccc3ccccc23)CCc2c1c1cc(-c3ccc(N(c4ccc(-c5nc6ccccc6s5)cc4)c4ccc(-c5cccc6ccccc56)cc4)cc3)ccc1n2-c1ccccc1. The highest BCUT2D eigenvalue weighted by molar-refractivity contribution is 7.21. The third kappa shape index (κ3) is 6.93. The molecule has 4 heteroatoms. The number of hydrogen-bond donors (Lipinski definition) is 0. The van der Waals surface area contributed by atoms with E-state index < -0.39 is 0 Å². The van der Waals surface area contributed by atoms with Gasteiger partial charge in [0.1, 0.15) is 5.01 Å². The fourth-order valence-corrected chi connectivity index (χ4v) is 11.3. The average Bonchev–Trinajstić information content (AvgIpc) is 3.98. The normalized spacial score (nSPS) is 12.4. The molecular weight excluding hydrogens is 831 g/mol. The monoisotopic (exact) mass is 873 g/mol. The molecule has 0 unspecified atom stereocenters. The molecule has 10 aromatic carbocycles. The number of hydrogen-bond acceptors (Lipinski definition) is 3. The maximum atomic E-state index is 4.96. The molecule has 13 rings (SSSR count). The lowest BCUT2D eigenvalue weighted by Crippen LogP contribution is -2.09. The van der Waals surface area contributed by atoms with Crippen molar-refractivity contribution < 1.29 is 0 Å². The molecule has 0 bridgehead atoms. The number of anilines is 3. The average molecular weight is 874 g/mol. The zero-order valence-corrected chi connectivity index (χ0v) is 37.5. The molecule has 0 fully saturated rings. The Morgan fingerprint density at radius 2 is 1.00 bits per heavy atom. The maximum absolute atomic E-state index is 4.96. The number of allylic oxidation sites excluding steroid dienone is 1.